The van der Waals surface area contributed by atoms with Crippen molar-refractivity contribution in [1.29, 1.82) is 0 Å². The normalized spacial score (nSPS) is 19.1. The standard InChI is InChI=1S/C28H42O4/c1-3-5-6-7-8-10-15-22-20-21-25(29)24(22)18-13-14-19-26(30)27(28(31)32-4-2)23-16-11-9-12-17-23/h9,11-12,16-17,22,24,27H,3-8,10,13-15,18-21H2,1-2H3/t22-,24+,27?/m0/s1. The van der Waals surface area contributed by atoms with E-state index in [2.05, 4.69) is 6.92 Å². The van der Waals surface area contributed by atoms with E-state index in [1.807, 2.05) is 30.3 Å². The molecular formula is C28H42O4. The molecular weight excluding hydrogens is 400 g/mol. The van der Waals surface area contributed by atoms with Gasteiger partial charge >= 0.3 is 5.97 Å². The number of hydrogen-bond donors (Lipinski definition) is 0. The highest BCUT2D eigenvalue weighted by atomic mass is 16.5. The Morgan fingerprint density at radius 2 is 1.62 bits per heavy atom. The van der Waals surface area contributed by atoms with Crippen LogP contribution in [-0.4, -0.2) is 24.1 Å². The molecule has 0 N–H and O–H groups in total. The number of Topliss-reactive ketones (excluding diaryl/α,β-unsaturated/α-hetero) is 2. The average Bonchev–Trinajstić information content (AvgIpc) is 3.14. The van der Waals surface area contributed by atoms with Gasteiger partial charge in [-0.3, -0.25) is 14.4 Å². The molecule has 1 fully saturated rings. The van der Waals surface area contributed by atoms with Gasteiger partial charge in [-0.1, -0.05) is 82.2 Å². The third kappa shape index (κ3) is 8.52. The Kier molecular flexibility index (Phi) is 12.3. The number of ketones is 2. The zero-order valence-corrected chi connectivity index (χ0v) is 20.2. The molecule has 178 valence electrons. The molecule has 0 saturated heterocycles. The first-order valence-corrected chi connectivity index (χ1v) is 12.8. The first-order chi connectivity index (χ1) is 15.6. The van der Waals surface area contributed by atoms with Crippen LogP contribution >= 0.6 is 0 Å². The van der Waals surface area contributed by atoms with Crippen molar-refractivity contribution in [3.8, 4) is 0 Å². The summed E-state index contributed by atoms with van der Waals surface area (Å²) in [4.78, 5) is 37.7. The summed E-state index contributed by atoms with van der Waals surface area (Å²) in [7, 11) is 0. The van der Waals surface area contributed by atoms with Gasteiger partial charge in [-0.2, -0.15) is 0 Å². The Morgan fingerprint density at radius 3 is 2.34 bits per heavy atom. The van der Waals surface area contributed by atoms with E-state index < -0.39 is 11.9 Å². The smallest absolute Gasteiger partial charge is 0.321 e. The monoisotopic (exact) mass is 442 g/mol. The van der Waals surface area contributed by atoms with Crippen LogP contribution in [0.1, 0.15) is 109 Å². The van der Waals surface area contributed by atoms with Crippen molar-refractivity contribution in [2.24, 2.45) is 11.8 Å². The summed E-state index contributed by atoms with van der Waals surface area (Å²) in [5.74, 6) is -0.271. The quantitative estimate of drug-likeness (QED) is 0.160. The van der Waals surface area contributed by atoms with E-state index in [1.54, 1.807) is 6.92 Å². The molecule has 0 aromatic heterocycles. The molecule has 0 spiro atoms. The maximum atomic E-state index is 12.9. The summed E-state index contributed by atoms with van der Waals surface area (Å²) in [6.07, 6.45) is 13.5. The lowest BCUT2D eigenvalue weighted by Gasteiger charge is -2.19. The second kappa shape index (κ2) is 15.0. The van der Waals surface area contributed by atoms with Crippen molar-refractivity contribution in [3.05, 3.63) is 35.9 Å². The first kappa shape index (κ1) is 26.3. The molecule has 1 unspecified atom stereocenters. The van der Waals surface area contributed by atoms with Crippen LogP contribution in [0.5, 0.6) is 0 Å². The number of carbonyl (C=O) groups is 3. The second-order valence-corrected chi connectivity index (χ2v) is 9.24. The third-order valence-electron chi connectivity index (χ3n) is 6.84. The van der Waals surface area contributed by atoms with Crippen LogP contribution in [0.2, 0.25) is 0 Å². The van der Waals surface area contributed by atoms with Crippen molar-refractivity contribution in [3.63, 3.8) is 0 Å². The van der Waals surface area contributed by atoms with Crippen molar-refractivity contribution in [1.82, 2.24) is 0 Å². The Hall–Kier alpha value is -1.97. The van der Waals surface area contributed by atoms with Gasteiger partial charge in [-0.25, -0.2) is 0 Å². The minimum absolute atomic E-state index is 0.0870. The largest absolute Gasteiger partial charge is 0.465 e. The van der Waals surface area contributed by atoms with Gasteiger partial charge < -0.3 is 4.74 Å². The molecule has 4 nitrogen and oxygen atoms in total. The van der Waals surface area contributed by atoms with Crippen LogP contribution in [0.25, 0.3) is 0 Å². The topological polar surface area (TPSA) is 60.4 Å². The first-order valence-electron chi connectivity index (χ1n) is 12.8. The van der Waals surface area contributed by atoms with Crippen LogP contribution in [0.15, 0.2) is 30.3 Å². The number of carbonyl (C=O) groups excluding carboxylic acids is 3. The number of hydrogen-bond acceptors (Lipinski definition) is 4. The summed E-state index contributed by atoms with van der Waals surface area (Å²) >= 11 is 0. The summed E-state index contributed by atoms with van der Waals surface area (Å²) in [5.41, 5.74) is 0.695. The van der Waals surface area contributed by atoms with Crippen molar-refractivity contribution in [2.75, 3.05) is 6.61 Å². The Bertz CT molecular complexity index is 697. The van der Waals surface area contributed by atoms with E-state index in [0.29, 0.717) is 23.7 Å². The lowest BCUT2D eigenvalue weighted by molar-refractivity contribution is -0.148. The molecule has 1 aliphatic carbocycles. The molecule has 2 rings (SSSR count). The van der Waals surface area contributed by atoms with Gasteiger partial charge in [0.05, 0.1) is 6.61 Å². The minimum atomic E-state index is -0.843. The van der Waals surface area contributed by atoms with Gasteiger partial charge in [-0.05, 0) is 44.1 Å². The Morgan fingerprint density at radius 1 is 0.938 bits per heavy atom. The maximum absolute atomic E-state index is 12.9. The molecule has 0 radical (unpaired) electrons. The highest BCUT2D eigenvalue weighted by molar-refractivity contribution is 6.04. The molecule has 0 bridgehead atoms. The SMILES string of the molecule is CCCCCCCC[C@H]1CCC(=O)[C@@H]1CCCCC(=O)C(C(=O)OCC)c1ccccc1. The van der Waals surface area contributed by atoms with E-state index in [9.17, 15) is 14.4 Å². The van der Waals surface area contributed by atoms with Crippen LogP contribution in [0.4, 0.5) is 0 Å². The fourth-order valence-electron chi connectivity index (χ4n) is 5.04. The molecule has 4 heteroatoms. The van der Waals surface area contributed by atoms with Crippen molar-refractivity contribution in [2.45, 2.75) is 103 Å². The average molecular weight is 443 g/mol. The van der Waals surface area contributed by atoms with Gasteiger partial charge in [0.1, 0.15) is 11.7 Å². The van der Waals surface area contributed by atoms with Crippen molar-refractivity contribution >= 4 is 17.5 Å². The minimum Gasteiger partial charge on any atom is -0.465 e. The molecule has 1 aromatic rings. The van der Waals surface area contributed by atoms with E-state index in [0.717, 1.165) is 32.1 Å². The number of ether oxygens (including phenoxy) is 1. The number of rotatable bonds is 16. The molecule has 0 amide bonds. The number of esters is 1. The predicted molar refractivity (Wildman–Crippen MR) is 129 cm³/mol. The molecule has 1 aliphatic rings. The summed E-state index contributed by atoms with van der Waals surface area (Å²) < 4.78 is 5.16. The van der Waals surface area contributed by atoms with E-state index in [4.69, 9.17) is 4.74 Å². The van der Waals surface area contributed by atoms with E-state index in [-0.39, 0.29) is 18.3 Å². The fourth-order valence-corrected chi connectivity index (χ4v) is 5.04. The second-order valence-electron chi connectivity index (χ2n) is 9.24. The predicted octanol–water partition coefficient (Wildman–Crippen LogP) is 6.81. The van der Waals surface area contributed by atoms with Crippen LogP contribution in [0.3, 0.4) is 0 Å². The lowest BCUT2D eigenvalue weighted by atomic mass is 9.85. The zero-order chi connectivity index (χ0) is 23.2. The molecule has 32 heavy (non-hydrogen) atoms. The molecule has 1 saturated carbocycles. The van der Waals surface area contributed by atoms with Crippen LogP contribution < -0.4 is 0 Å². The van der Waals surface area contributed by atoms with Crippen molar-refractivity contribution < 1.29 is 19.1 Å². The van der Waals surface area contributed by atoms with Gasteiger partial charge in [-0.15, -0.1) is 0 Å². The van der Waals surface area contributed by atoms with Gasteiger partial charge in [0, 0.05) is 18.8 Å². The van der Waals surface area contributed by atoms with E-state index in [1.165, 1.54) is 44.9 Å². The number of benzene rings is 1. The zero-order valence-electron chi connectivity index (χ0n) is 20.2. The molecule has 0 aliphatic heterocycles. The van der Waals surface area contributed by atoms with E-state index >= 15 is 0 Å². The van der Waals surface area contributed by atoms with Gasteiger partial charge in [0.2, 0.25) is 0 Å². The molecule has 3 atom stereocenters. The third-order valence-corrected chi connectivity index (χ3v) is 6.84. The molecule has 0 heterocycles. The highest BCUT2D eigenvalue weighted by Crippen LogP contribution is 2.36. The summed E-state index contributed by atoms with van der Waals surface area (Å²) in [5, 5.41) is 0. The van der Waals surface area contributed by atoms with Gasteiger partial charge in [0.15, 0.2) is 5.78 Å². The molecule has 1 aromatic carbocycles. The number of unbranched alkanes of at least 4 members (excludes halogenated alkanes) is 6. The van der Waals surface area contributed by atoms with Gasteiger partial charge in [0.25, 0.3) is 0 Å². The van der Waals surface area contributed by atoms with Crippen LogP contribution in [-0.2, 0) is 19.1 Å². The van der Waals surface area contributed by atoms with Crippen LogP contribution in [0, 0.1) is 11.8 Å². The summed E-state index contributed by atoms with van der Waals surface area (Å²) in [6, 6.07) is 9.17. The maximum Gasteiger partial charge on any atom is 0.321 e. The summed E-state index contributed by atoms with van der Waals surface area (Å²) in [6.45, 7) is 4.25. The Labute approximate surface area is 194 Å². The Balaban J connectivity index is 1.77. The lowest BCUT2D eigenvalue weighted by Crippen LogP contribution is -2.24. The highest BCUT2D eigenvalue weighted by Gasteiger charge is 2.34. The fraction of sp³-hybridized carbons (Fsp3) is 0.679.